The topological polar surface area (TPSA) is 117 Å². The molecule has 3 N–H and O–H groups in total. The van der Waals surface area contributed by atoms with Gasteiger partial charge in [0.15, 0.2) is 0 Å². The molecule has 0 spiro atoms. The van der Waals surface area contributed by atoms with Crippen LogP contribution in [0.3, 0.4) is 0 Å². The monoisotopic (exact) mass is 399 g/mol. The van der Waals surface area contributed by atoms with Gasteiger partial charge in [-0.15, -0.1) is 0 Å². The number of hydrogen-bond acceptors (Lipinski definition) is 5. The van der Waals surface area contributed by atoms with Crippen LogP contribution in [0.4, 0.5) is 4.79 Å². The van der Waals surface area contributed by atoms with Crippen molar-refractivity contribution in [3.05, 3.63) is 80.3 Å². The molecule has 3 aromatic rings. The second-order valence-electron chi connectivity index (χ2n) is 6.11. The van der Waals surface area contributed by atoms with E-state index in [0.29, 0.717) is 26.9 Å². The number of H-pyrrole nitrogens is 1. The largest absolute Gasteiger partial charge is 0.507 e. The fraction of sp³-hybridized carbons (Fsp3) is 0.105. The summed E-state index contributed by atoms with van der Waals surface area (Å²) < 4.78 is 5.94. The van der Waals surface area contributed by atoms with Gasteiger partial charge in [0, 0.05) is 16.7 Å². The van der Waals surface area contributed by atoms with Crippen molar-refractivity contribution in [3.63, 3.8) is 0 Å². The van der Waals surface area contributed by atoms with Crippen LogP contribution in [0.1, 0.15) is 12.1 Å². The first-order chi connectivity index (χ1) is 13.4. The van der Waals surface area contributed by atoms with Gasteiger partial charge in [-0.3, -0.25) is 0 Å². The van der Waals surface area contributed by atoms with E-state index in [2.05, 4.69) is 9.98 Å². The molecular formula is C19H14ClN3O5. The van der Waals surface area contributed by atoms with Crippen molar-refractivity contribution < 1.29 is 19.7 Å². The van der Waals surface area contributed by atoms with Crippen LogP contribution in [0.2, 0.25) is 5.02 Å². The van der Waals surface area contributed by atoms with Gasteiger partial charge in [0.05, 0.1) is 11.0 Å². The number of benzene rings is 2. The molecule has 2 aromatic carbocycles. The van der Waals surface area contributed by atoms with E-state index >= 15 is 0 Å². The molecule has 142 valence electrons. The molecule has 1 aliphatic heterocycles. The molecular weight excluding hydrogens is 386 g/mol. The van der Waals surface area contributed by atoms with Gasteiger partial charge in [0.25, 0.3) is 0 Å². The van der Waals surface area contributed by atoms with Crippen molar-refractivity contribution in [2.45, 2.75) is 12.6 Å². The summed E-state index contributed by atoms with van der Waals surface area (Å²) in [6, 6.07) is 13.6. The zero-order valence-electron chi connectivity index (χ0n) is 14.3. The summed E-state index contributed by atoms with van der Waals surface area (Å²) in [4.78, 5) is 30.4. The van der Waals surface area contributed by atoms with Gasteiger partial charge in [-0.2, -0.15) is 0 Å². The van der Waals surface area contributed by atoms with E-state index in [4.69, 9.17) is 21.4 Å². The first-order valence-corrected chi connectivity index (χ1v) is 8.68. The van der Waals surface area contributed by atoms with E-state index in [1.807, 2.05) is 0 Å². The number of aromatic hydroxyl groups is 1. The molecule has 0 saturated carbocycles. The van der Waals surface area contributed by atoms with E-state index in [1.54, 1.807) is 48.5 Å². The van der Waals surface area contributed by atoms with E-state index in [9.17, 15) is 14.7 Å². The number of imidazole rings is 1. The predicted molar refractivity (Wildman–Crippen MR) is 100 cm³/mol. The third kappa shape index (κ3) is 3.14. The summed E-state index contributed by atoms with van der Waals surface area (Å²) in [7, 11) is 0. The lowest BCUT2D eigenvalue weighted by atomic mass is 10.0. The summed E-state index contributed by atoms with van der Waals surface area (Å²) in [5.74, 6) is -0.289. The highest BCUT2D eigenvalue weighted by atomic mass is 35.5. The summed E-state index contributed by atoms with van der Waals surface area (Å²) >= 11 is 6.03. The Hall–Kier alpha value is -3.52. The molecule has 4 rings (SSSR count). The van der Waals surface area contributed by atoms with Gasteiger partial charge in [-0.05, 0) is 29.8 Å². The van der Waals surface area contributed by atoms with Crippen LogP contribution in [0.25, 0.3) is 11.3 Å². The second-order valence-corrected chi connectivity index (χ2v) is 6.55. The number of para-hydroxylation sites is 1. The molecule has 0 fully saturated rings. The molecule has 1 unspecified atom stereocenters. The zero-order valence-corrected chi connectivity index (χ0v) is 15.1. The van der Waals surface area contributed by atoms with Crippen molar-refractivity contribution >= 4 is 23.3 Å². The lowest BCUT2D eigenvalue weighted by Gasteiger charge is -2.18. The number of carbonyl (C=O) groups is 1. The fourth-order valence-corrected chi connectivity index (χ4v) is 3.39. The standard InChI is InChI=1S/C19H14ClN3O5/c20-10-6-7-12-13(9-15(28-19(26)27)21-14(12)8-10)16-17(24)23(18(25)22-16)11-4-2-1-3-5-11/h1-8,15,24H,9H2,(H,22,25)(H,26,27). The Morgan fingerprint density at radius 3 is 2.71 bits per heavy atom. The maximum atomic E-state index is 12.5. The van der Waals surface area contributed by atoms with Crippen LogP contribution < -0.4 is 16.3 Å². The summed E-state index contributed by atoms with van der Waals surface area (Å²) in [5.41, 5.74) is 0.631. The number of halogens is 1. The Bertz CT molecular complexity index is 1250. The van der Waals surface area contributed by atoms with Gasteiger partial charge in [-0.1, -0.05) is 35.9 Å². The van der Waals surface area contributed by atoms with E-state index in [0.717, 1.165) is 4.57 Å². The maximum absolute atomic E-state index is 12.5. The molecule has 1 aromatic heterocycles. The molecule has 9 heteroatoms. The lowest BCUT2D eigenvalue weighted by Crippen LogP contribution is -2.36. The molecule has 0 aliphatic carbocycles. The van der Waals surface area contributed by atoms with E-state index in [-0.39, 0.29) is 18.0 Å². The molecule has 0 radical (unpaired) electrons. The van der Waals surface area contributed by atoms with Gasteiger partial charge < -0.3 is 19.9 Å². The van der Waals surface area contributed by atoms with Crippen LogP contribution in [-0.2, 0) is 4.74 Å². The predicted octanol–water partition coefficient (Wildman–Crippen LogP) is 1.77. The minimum absolute atomic E-state index is 0.0449. The van der Waals surface area contributed by atoms with Gasteiger partial charge in [-0.25, -0.2) is 19.1 Å². The third-order valence-electron chi connectivity index (χ3n) is 4.37. The highest BCUT2D eigenvalue weighted by Crippen LogP contribution is 2.27. The molecule has 1 aliphatic rings. The van der Waals surface area contributed by atoms with Crippen LogP contribution in [0.5, 0.6) is 5.88 Å². The van der Waals surface area contributed by atoms with Crippen molar-refractivity contribution in [1.82, 2.24) is 9.55 Å². The van der Waals surface area contributed by atoms with Crippen LogP contribution in [0.15, 0.2) is 58.3 Å². The first kappa shape index (κ1) is 17.9. The minimum Gasteiger partial charge on any atom is -0.493 e. The average Bonchev–Trinajstić information content (AvgIpc) is 2.95. The molecule has 0 amide bonds. The highest BCUT2D eigenvalue weighted by molar-refractivity contribution is 6.30. The maximum Gasteiger partial charge on any atom is 0.507 e. The normalized spacial score (nSPS) is 15.6. The van der Waals surface area contributed by atoms with E-state index in [1.165, 1.54) is 0 Å². The van der Waals surface area contributed by atoms with Crippen molar-refractivity contribution in [2.24, 2.45) is 4.99 Å². The molecule has 0 saturated heterocycles. The van der Waals surface area contributed by atoms with Crippen molar-refractivity contribution in [1.29, 1.82) is 0 Å². The number of ether oxygens (including phenoxy) is 1. The number of hydrogen-bond donors (Lipinski definition) is 3. The first-order valence-electron chi connectivity index (χ1n) is 8.30. The van der Waals surface area contributed by atoms with Crippen LogP contribution in [0, 0.1) is 0 Å². The number of nitrogens with one attached hydrogen (secondary N) is 1. The van der Waals surface area contributed by atoms with Crippen LogP contribution >= 0.6 is 11.6 Å². The molecule has 8 nitrogen and oxygen atoms in total. The average molecular weight is 400 g/mol. The van der Waals surface area contributed by atoms with Gasteiger partial charge in [0.2, 0.25) is 12.1 Å². The molecule has 28 heavy (non-hydrogen) atoms. The Balaban J connectivity index is 1.94. The molecule has 2 heterocycles. The zero-order chi connectivity index (χ0) is 19.8. The summed E-state index contributed by atoms with van der Waals surface area (Å²) in [6.07, 6.45) is -2.46. The summed E-state index contributed by atoms with van der Waals surface area (Å²) in [5, 5.41) is 21.1. The van der Waals surface area contributed by atoms with Gasteiger partial charge in [0.1, 0.15) is 5.69 Å². The number of carboxylic acid groups (broad SMARTS) is 1. The number of nitrogens with zero attached hydrogens (tertiary/aromatic N) is 2. The third-order valence-corrected chi connectivity index (χ3v) is 4.61. The van der Waals surface area contributed by atoms with Crippen molar-refractivity contribution in [3.8, 4) is 11.6 Å². The SMILES string of the molecule is O=C(O)OC1CC(c2[nH]c(=O)n(-c3ccccc3)c2O)=c2ccc(Cl)cc2=N1. The summed E-state index contributed by atoms with van der Waals surface area (Å²) in [6.45, 7) is 0. The number of aromatic amines is 1. The Morgan fingerprint density at radius 1 is 1.25 bits per heavy atom. The highest BCUT2D eigenvalue weighted by Gasteiger charge is 2.25. The molecule has 1 atom stereocenters. The minimum atomic E-state index is -1.47. The Morgan fingerprint density at radius 2 is 2.00 bits per heavy atom. The van der Waals surface area contributed by atoms with Gasteiger partial charge >= 0.3 is 11.8 Å². The quantitative estimate of drug-likeness (QED) is 0.580. The number of aromatic nitrogens is 2. The number of fused-ring (bicyclic) bond motifs is 1. The van der Waals surface area contributed by atoms with Crippen LogP contribution in [-0.4, -0.2) is 32.1 Å². The van der Waals surface area contributed by atoms with Crippen molar-refractivity contribution in [2.75, 3.05) is 0 Å². The Labute approximate surface area is 162 Å². The fourth-order valence-electron chi connectivity index (χ4n) is 3.23. The Kier molecular flexibility index (Phi) is 4.40. The number of rotatable bonds is 3. The smallest absolute Gasteiger partial charge is 0.493 e. The second kappa shape index (κ2) is 6.90. The lowest BCUT2D eigenvalue weighted by molar-refractivity contribution is 0.0551. The van der Waals surface area contributed by atoms with E-state index < -0.39 is 18.1 Å². The molecule has 0 bridgehead atoms.